The van der Waals surface area contributed by atoms with Crippen LogP contribution in [0.2, 0.25) is 0 Å². The van der Waals surface area contributed by atoms with Gasteiger partial charge in [-0.2, -0.15) is 4.31 Å². The van der Waals surface area contributed by atoms with Crippen molar-refractivity contribution in [2.75, 3.05) is 7.05 Å². The Bertz CT molecular complexity index is 1390. The fourth-order valence-electron chi connectivity index (χ4n) is 4.12. The lowest BCUT2D eigenvalue weighted by Crippen LogP contribution is -2.32. The van der Waals surface area contributed by atoms with Gasteiger partial charge in [0.05, 0.1) is 16.1 Å². The molecule has 35 heavy (non-hydrogen) atoms. The predicted octanol–water partition coefficient (Wildman–Crippen LogP) is 4.60. The van der Waals surface area contributed by atoms with Crippen LogP contribution in [0.25, 0.3) is 11.0 Å². The highest BCUT2D eigenvalue weighted by Crippen LogP contribution is 2.31. The maximum atomic E-state index is 13.5. The van der Waals surface area contributed by atoms with Crippen molar-refractivity contribution in [1.82, 2.24) is 29.5 Å². The van der Waals surface area contributed by atoms with E-state index >= 15 is 0 Å². The van der Waals surface area contributed by atoms with Crippen molar-refractivity contribution in [3.05, 3.63) is 65.4 Å². The average molecular weight is 497 g/mol. The number of aromatic amines is 1. The Morgan fingerprint density at radius 1 is 1.11 bits per heavy atom. The van der Waals surface area contributed by atoms with Crippen molar-refractivity contribution in [3.8, 4) is 0 Å². The molecular weight excluding hydrogens is 464 g/mol. The first-order valence-electron chi connectivity index (χ1n) is 11.9. The molecule has 3 heterocycles. The van der Waals surface area contributed by atoms with E-state index in [1.165, 1.54) is 4.31 Å². The van der Waals surface area contributed by atoms with E-state index in [1.54, 1.807) is 25.4 Å². The Labute approximate surface area is 206 Å². The van der Waals surface area contributed by atoms with Crippen LogP contribution in [-0.4, -0.2) is 44.9 Å². The van der Waals surface area contributed by atoms with Gasteiger partial charge in [0.25, 0.3) is 0 Å². The molecule has 0 fully saturated rings. The third kappa shape index (κ3) is 5.43. The average Bonchev–Trinajstić information content (AvgIpc) is 3.44. The number of sulfonamides is 1. The molecule has 0 aliphatic carbocycles. The van der Waals surface area contributed by atoms with Crippen LogP contribution in [0.15, 0.2) is 45.8 Å². The molecule has 0 aliphatic heterocycles. The molecule has 1 unspecified atom stereocenters. The molecule has 0 aliphatic rings. The maximum absolute atomic E-state index is 13.5. The topological polar surface area (TPSA) is 118 Å². The Kier molecular flexibility index (Phi) is 7.32. The first-order chi connectivity index (χ1) is 16.7. The summed E-state index contributed by atoms with van der Waals surface area (Å²) in [6, 6.07) is 8.28. The van der Waals surface area contributed by atoms with Crippen LogP contribution < -0.4 is 0 Å². The van der Waals surface area contributed by atoms with Gasteiger partial charge in [0.15, 0.2) is 0 Å². The van der Waals surface area contributed by atoms with Gasteiger partial charge in [-0.1, -0.05) is 32.9 Å². The fraction of sp³-hybridized carbons (Fsp3) is 0.440. The SMILES string of the molecule is CCCc1nnc(C(CC(C)C)N(C)S(=O)(=O)c2ccc(Cc3nccc4[nH]c(C)nc34)cc2)o1. The lowest BCUT2D eigenvalue weighted by Gasteiger charge is -2.26. The highest BCUT2D eigenvalue weighted by molar-refractivity contribution is 7.89. The number of aryl methyl sites for hydroxylation is 2. The van der Waals surface area contributed by atoms with Crippen LogP contribution in [0, 0.1) is 12.8 Å². The Morgan fingerprint density at radius 2 is 1.86 bits per heavy atom. The van der Waals surface area contributed by atoms with Crippen LogP contribution in [0.1, 0.15) is 68.5 Å². The van der Waals surface area contributed by atoms with Gasteiger partial charge in [0.2, 0.25) is 21.8 Å². The smallest absolute Gasteiger partial charge is 0.243 e. The van der Waals surface area contributed by atoms with E-state index in [1.807, 2.05) is 45.9 Å². The molecule has 0 saturated heterocycles. The normalized spacial score (nSPS) is 13.2. The van der Waals surface area contributed by atoms with Gasteiger partial charge in [-0.25, -0.2) is 13.4 Å². The van der Waals surface area contributed by atoms with E-state index in [4.69, 9.17) is 4.42 Å². The molecule has 3 aromatic heterocycles. The number of nitrogens with one attached hydrogen (secondary N) is 1. The summed E-state index contributed by atoms with van der Waals surface area (Å²) < 4.78 is 34.2. The summed E-state index contributed by atoms with van der Waals surface area (Å²) in [6.07, 6.45) is 4.41. The van der Waals surface area contributed by atoms with Crippen molar-refractivity contribution in [2.24, 2.45) is 5.92 Å². The number of hydrogen-bond donors (Lipinski definition) is 1. The van der Waals surface area contributed by atoms with Crippen molar-refractivity contribution < 1.29 is 12.8 Å². The summed E-state index contributed by atoms with van der Waals surface area (Å²) in [4.78, 5) is 12.4. The van der Waals surface area contributed by atoms with E-state index in [9.17, 15) is 8.42 Å². The van der Waals surface area contributed by atoms with Gasteiger partial charge in [0.1, 0.15) is 17.4 Å². The largest absolute Gasteiger partial charge is 0.424 e. The number of rotatable bonds is 10. The Balaban J connectivity index is 1.57. The monoisotopic (exact) mass is 496 g/mol. The minimum absolute atomic E-state index is 0.215. The second-order valence-electron chi connectivity index (χ2n) is 9.25. The van der Waals surface area contributed by atoms with E-state index in [0.717, 1.165) is 34.5 Å². The number of pyridine rings is 1. The summed E-state index contributed by atoms with van der Waals surface area (Å²) in [5.74, 6) is 1.93. The van der Waals surface area contributed by atoms with Crippen LogP contribution in [0.5, 0.6) is 0 Å². The number of benzene rings is 1. The number of fused-ring (bicyclic) bond motifs is 1. The highest BCUT2D eigenvalue weighted by Gasteiger charge is 2.33. The quantitative estimate of drug-likeness (QED) is 0.341. The molecule has 4 rings (SSSR count). The predicted molar refractivity (Wildman–Crippen MR) is 133 cm³/mol. The van der Waals surface area contributed by atoms with E-state index in [2.05, 4.69) is 25.1 Å². The number of H-pyrrole nitrogens is 1. The molecule has 0 saturated carbocycles. The molecule has 4 aromatic rings. The van der Waals surface area contributed by atoms with Crippen molar-refractivity contribution in [3.63, 3.8) is 0 Å². The van der Waals surface area contributed by atoms with Crippen LogP contribution in [0.4, 0.5) is 0 Å². The maximum Gasteiger partial charge on any atom is 0.243 e. The number of aromatic nitrogens is 5. The molecule has 0 spiro atoms. The summed E-state index contributed by atoms with van der Waals surface area (Å²) in [6.45, 7) is 8.02. The first-order valence-corrected chi connectivity index (χ1v) is 13.3. The van der Waals surface area contributed by atoms with Crippen molar-refractivity contribution in [2.45, 2.75) is 64.3 Å². The molecule has 186 valence electrons. The zero-order chi connectivity index (χ0) is 25.2. The standard InChI is InChI=1S/C25H32N6O3S/c1-6-7-23-29-30-25(34-23)22(14-16(2)3)31(5)35(32,33)19-10-8-18(9-11-19)15-21-24-20(12-13-26-21)27-17(4)28-24/h8-13,16,22H,6-7,14-15H2,1-5H3,(H,27,28). The zero-order valence-electron chi connectivity index (χ0n) is 20.8. The van der Waals surface area contributed by atoms with Gasteiger partial charge < -0.3 is 9.40 Å². The van der Waals surface area contributed by atoms with E-state index in [-0.39, 0.29) is 10.8 Å². The molecule has 0 bridgehead atoms. The summed E-state index contributed by atoms with van der Waals surface area (Å²) >= 11 is 0. The van der Waals surface area contributed by atoms with E-state index in [0.29, 0.717) is 31.0 Å². The van der Waals surface area contributed by atoms with Crippen molar-refractivity contribution in [1.29, 1.82) is 0 Å². The fourth-order valence-corrected chi connectivity index (χ4v) is 5.44. The Hall–Kier alpha value is -3.11. The summed E-state index contributed by atoms with van der Waals surface area (Å²) in [5.41, 5.74) is 3.57. The van der Waals surface area contributed by atoms with Gasteiger partial charge in [-0.05, 0) is 49.4 Å². The molecule has 1 N–H and O–H groups in total. The lowest BCUT2D eigenvalue weighted by molar-refractivity contribution is 0.266. The lowest BCUT2D eigenvalue weighted by atomic mass is 10.0. The highest BCUT2D eigenvalue weighted by atomic mass is 32.2. The third-order valence-corrected chi connectivity index (χ3v) is 7.81. The van der Waals surface area contributed by atoms with Crippen LogP contribution >= 0.6 is 0 Å². The Morgan fingerprint density at radius 3 is 2.54 bits per heavy atom. The van der Waals surface area contributed by atoms with Crippen LogP contribution in [0.3, 0.4) is 0 Å². The van der Waals surface area contributed by atoms with Gasteiger partial charge >= 0.3 is 0 Å². The van der Waals surface area contributed by atoms with Gasteiger partial charge in [0, 0.05) is 26.1 Å². The third-order valence-electron chi connectivity index (χ3n) is 5.93. The van der Waals surface area contributed by atoms with Gasteiger partial charge in [-0.3, -0.25) is 4.98 Å². The van der Waals surface area contributed by atoms with Crippen molar-refractivity contribution >= 4 is 21.1 Å². The molecular formula is C25H32N6O3S. The number of hydrogen-bond acceptors (Lipinski definition) is 7. The molecule has 1 atom stereocenters. The first kappa shape index (κ1) is 25.0. The summed E-state index contributed by atoms with van der Waals surface area (Å²) in [5, 5.41) is 8.26. The molecule has 9 nitrogen and oxygen atoms in total. The number of imidazole rings is 1. The zero-order valence-corrected chi connectivity index (χ0v) is 21.6. The van der Waals surface area contributed by atoms with Crippen LogP contribution in [-0.2, 0) is 22.9 Å². The minimum Gasteiger partial charge on any atom is -0.424 e. The molecule has 1 aromatic carbocycles. The van der Waals surface area contributed by atoms with Gasteiger partial charge in [-0.15, -0.1) is 10.2 Å². The second kappa shape index (κ2) is 10.2. The summed E-state index contributed by atoms with van der Waals surface area (Å²) in [7, 11) is -2.21. The molecule has 0 amide bonds. The minimum atomic E-state index is -3.78. The number of nitrogens with zero attached hydrogens (tertiary/aromatic N) is 5. The van der Waals surface area contributed by atoms with E-state index < -0.39 is 16.1 Å². The molecule has 0 radical (unpaired) electrons. The molecule has 10 heteroatoms. The second-order valence-corrected chi connectivity index (χ2v) is 11.2.